The molecular weight excluding hydrogens is 226 g/mol. The molecule has 0 saturated heterocycles. The highest BCUT2D eigenvalue weighted by molar-refractivity contribution is 7.10. The van der Waals surface area contributed by atoms with E-state index in [1.54, 1.807) is 11.3 Å². The second kappa shape index (κ2) is 3.97. The SMILES string of the molecule is Cc1ccc2nc(-c3csc(C)c3)ccc2c1. The van der Waals surface area contributed by atoms with Gasteiger partial charge in [0.05, 0.1) is 11.2 Å². The maximum Gasteiger partial charge on any atom is 0.0718 e. The zero-order chi connectivity index (χ0) is 11.8. The fourth-order valence-corrected chi connectivity index (χ4v) is 2.68. The van der Waals surface area contributed by atoms with E-state index in [0.29, 0.717) is 0 Å². The van der Waals surface area contributed by atoms with Gasteiger partial charge >= 0.3 is 0 Å². The molecule has 2 heterocycles. The summed E-state index contributed by atoms with van der Waals surface area (Å²) in [4.78, 5) is 6.03. The van der Waals surface area contributed by atoms with E-state index in [4.69, 9.17) is 4.98 Å². The molecule has 3 rings (SSSR count). The van der Waals surface area contributed by atoms with Crippen LogP contribution in [0, 0.1) is 13.8 Å². The van der Waals surface area contributed by atoms with Crippen molar-refractivity contribution in [1.82, 2.24) is 4.98 Å². The van der Waals surface area contributed by atoms with Crippen LogP contribution < -0.4 is 0 Å². The van der Waals surface area contributed by atoms with Gasteiger partial charge in [-0.05, 0) is 38.1 Å². The Morgan fingerprint density at radius 3 is 2.65 bits per heavy atom. The molecule has 0 aliphatic rings. The quantitative estimate of drug-likeness (QED) is 0.605. The van der Waals surface area contributed by atoms with Gasteiger partial charge in [0.2, 0.25) is 0 Å². The first-order valence-electron chi connectivity index (χ1n) is 5.65. The van der Waals surface area contributed by atoms with Crippen molar-refractivity contribution in [2.45, 2.75) is 13.8 Å². The number of thiophene rings is 1. The van der Waals surface area contributed by atoms with E-state index in [0.717, 1.165) is 11.2 Å². The molecule has 1 aromatic carbocycles. The number of nitrogens with zero attached hydrogens (tertiary/aromatic N) is 1. The summed E-state index contributed by atoms with van der Waals surface area (Å²) < 4.78 is 0. The van der Waals surface area contributed by atoms with E-state index in [-0.39, 0.29) is 0 Å². The van der Waals surface area contributed by atoms with Gasteiger partial charge in [-0.3, -0.25) is 0 Å². The Bertz CT molecular complexity index is 682. The Labute approximate surface area is 105 Å². The number of fused-ring (bicyclic) bond motifs is 1. The lowest BCUT2D eigenvalue weighted by molar-refractivity contribution is 1.39. The van der Waals surface area contributed by atoms with E-state index in [9.17, 15) is 0 Å². The van der Waals surface area contributed by atoms with E-state index in [1.165, 1.54) is 21.4 Å². The van der Waals surface area contributed by atoms with E-state index in [2.05, 4.69) is 55.6 Å². The van der Waals surface area contributed by atoms with Crippen LogP contribution in [0.25, 0.3) is 22.2 Å². The van der Waals surface area contributed by atoms with Crippen molar-refractivity contribution >= 4 is 22.2 Å². The molecule has 0 unspecified atom stereocenters. The van der Waals surface area contributed by atoms with E-state index < -0.39 is 0 Å². The average Bonchev–Trinajstić information content (AvgIpc) is 2.75. The summed E-state index contributed by atoms with van der Waals surface area (Å²) in [5.74, 6) is 0. The van der Waals surface area contributed by atoms with Crippen molar-refractivity contribution in [3.63, 3.8) is 0 Å². The van der Waals surface area contributed by atoms with Gasteiger partial charge in [-0.1, -0.05) is 17.7 Å². The summed E-state index contributed by atoms with van der Waals surface area (Å²) in [6.07, 6.45) is 0. The molecule has 0 N–H and O–H groups in total. The number of pyridine rings is 1. The molecule has 17 heavy (non-hydrogen) atoms. The van der Waals surface area contributed by atoms with Gasteiger partial charge in [0.25, 0.3) is 0 Å². The number of rotatable bonds is 1. The third-order valence-corrected chi connectivity index (χ3v) is 3.73. The summed E-state index contributed by atoms with van der Waals surface area (Å²) in [6.45, 7) is 4.23. The van der Waals surface area contributed by atoms with Crippen LogP contribution in [-0.4, -0.2) is 4.98 Å². The summed E-state index contributed by atoms with van der Waals surface area (Å²) in [7, 11) is 0. The fourth-order valence-electron chi connectivity index (χ4n) is 1.98. The van der Waals surface area contributed by atoms with Crippen molar-refractivity contribution < 1.29 is 0 Å². The lowest BCUT2D eigenvalue weighted by atomic mass is 10.1. The number of aryl methyl sites for hydroxylation is 2. The van der Waals surface area contributed by atoms with Crippen molar-refractivity contribution in [3.05, 3.63) is 52.2 Å². The largest absolute Gasteiger partial charge is 0.248 e. The van der Waals surface area contributed by atoms with Crippen LogP contribution in [0.15, 0.2) is 41.8 Å². The van der Waals surface area contributed by atoms with Crippen LogP contribution in [0.4, 0.5) is 0 Å². The minimum Gasteiger partial charge on any atom is -0.248 e. The number of aromatic nitrogens is 1. The Hall–Kier alpha value is -1.67. The minimum absolute atomic E-state index is 1.06. The molecule has 1 nitrogen and oxygen atoms in total. The van der Waals surface area contributed by atoms with Crippen molar-refractivity contribution in [2.75, 3.05) is 0 Å². The first-order chi connectivity index (χ1) is 8.22. The molecule has 0 radical (unpaired) electrons. The molecule has 0 amide bonds. The monoisotopic (exact) mass is 239 g/mol. The molecule has 2 aromatic heterocycles. The van der Waals surface area contributed by atoms with E-state index in [1.807, 2.05) is 0 Å². The van der Waals surface area contributed by atoms with Crippen LogP contribution in [0.3, 0.4) is 0 Å². The van der Waals surface area contributed by atoms with Crippen LogP contribution in [0.2, 0.25) is 0 Å². The normalized spacial score (nSPS) is 10.9. The first kappa shape index (κ1) is 10.5. The lowest BCUT2D eigenvalue weighted by Crippen LogP contribution is -1.84. The van der Waals surface area contributed by atoms with Crippen LogP contribution in [0.1, 0.15) is 10.4 Å². The van der Waals surface area contributed by atoms with Crippen molar-refractivity contribution in [2.24, 2.45) is 0 Å². The highest BCUT2D eigenvalue weighted by atomic mass is 32.1. The molecule has 84 valence electrons. The predicted octanol–water partition coefficient (Wildman–Crippen LogP) is 4.58. The topological polar surface area (TPSA) is 12.9 Å². The molecule has 0 aliphatic carbocycles. The van der Waals surface area contributed by atoms with Gasteiger partial charge in [-0.25, -0.2) is 4.98 Å². The molecule has 3 aromatic rings. The van der Waals surface area contributed by atoms with Gasteiger partial charge < -0.3 is 0 Å². The smallest absolute Gasteiger partial charge is 0.0718 e. The summed E-state index contributed by atoms with van der Waals surface area (Å²) in [5.41, 5.74) is 4.62. The maximum absolute atomic E-state index is 4.71. The Morgan fingerprint density at radius 2 is 1.88 bits per heavy atom. The molecule has 2 heteroatoms. The second-order valence-electron chi connectivity index (χ2n) is 4.34. The first-order valence-corrected chi connectivity index (χ1v) is 6.53. The molecule has 0 aliphatic heterocycles. The third-order valence-electron chi connectivity index (χ3n) is 2.87. The van der Waals surface area contributed by atoms with Crippen LogP contribution in [-0.2, 0) is 0 Å². The summed E-state index contributed by atoms with van der Waals surface area (Å²) >= 11 is 1.77. The minimum atomic E-state index is 1.06. The van der Waals surface area contributed by atoms with Crippen molar-refractivity contribution in [3.8, 4) is 11.3 Å². The van der Waals surface area contributed by atoms with E-state index >= 15 is 0 Å². The Morgan fingerprint density at radius 1 is 1.00 bits per heavy atom. The predicted molar refractivity (Wildman–Crippen MR) is 74.5 cm³/mol. The number of hydrogen-bond acceptors (Lipinski definition) is 2. The molecule has 0 fully saturated rings. The summed E-state index contributed by atoms with van der Waals surface area (Å²) in [5, 5.41) is 3.37. The van der Waals surface area contributed by atoms with Crippen LogP contribution >= 0.6 is 11.3 Å². The highest BCUT2D eigenvalue weighted by Crippen LogP contribution is 2.25. The van der Waals surface area contributed by atoms with Crippen LogP contribution in [0.5, 0.6) is 0 Å². The Balaban J connectivity index is 2.16. The molecule has 0 bridgehead atoms. The number of hydrogen-bond donors (Lipinski definition) is 0. The lowest BCUT2D eigenvalue weighted by Gasteiger charge is -2.02. The molecule has 0 atom stereocenters. The third kappa shape index (κ3) is 1.96. The standard InChI is InChI=1S/C15H13NS/c1-10-3-5-14-12(7-10)4-6-15(16-14)13-8-11(2)17-9-13/h3-9H,1-2H3. The zero-order valence-electron chi connectivity index (χ0n) is 9.90. The zero-order valence-corrected chi connectivity index (χ0v) is 10.7. The fraction of sp³-hybridized carbons (Fsp3) is 0.133. The van der Waals surface area contributed by atoms with Gasteiger partial charge in [-0.2, -0.15) is 0 Å². The number of benzene rings is 1. The van der Waals surface area contributed by atoms with Gasteiger partial charge in [0, 0.05) is 21.2 Å². The molecule has 0 saturated carbocycles. The van der Waals surface area contributed by atoms with Crippen molar-refractivity contribution in [1.29, 1.82) is 0 Å². The second-order valence-corrected chi connectivity index (χ2v) is 5.45. The van der Waals surface area contributed by atoms with Gasteiger partial charge in [0.1, 0.15) is 0 Å². The Kier molecular flexibility index (Phi) is 2.45. The van der Waals surface area contributed by atoms with Gasteiger partial charge in [0.15, 0.2) is 0 Å². The maximum atomic E-state index is 4.71. The average molecular weight is 239 g/mol. The highest BCUT2D eigenvalue weighted by Gasteiger charge is 2.03. The van der Waals surface area contributed by atoms with Gasteiger partial charge in [-0.15, -0.1) is 11.3 Å². The summed E-state index contributed by atoms with van der Waals surface area (Å²) in [6, 6.07) is 12.8. The molecular formula is C15H13NS. The molecule has 0 spiro atoms.